The second-order valence-electron chi connectivity index (χ2n) is 8.86. The summed E-state index contributed by atoms with van der Waals surface area (Å²) in [6.07, 6.45) is 13.0. The Morgan fingerprint density at radius 3 is 2.29 bits per heavy atom. The Morgan fingerprint density at radius 2 is 1.71 bits per heavy atom. The maximum Gasteiger partial charge on any atom is 0.0331 e. The summed E-state index contributed by atoms with van der Waals surface area (Å²) in [5.41, 5.74) is 0.732. The third-order valence-corrected chi connectivity index (χ3v) is 6.20. The molecule has 1 atom stereocenters. The van der Waals surface area contributed by atoms with E-state index in [4.69, 9.17) is 0 Å². The molecule has 2 aliphatic rings. The molecule has 1 saturated carbocycles. The second-order valence-corrected chi connectivity index (χ2v) is 8.86. The molecule has 0 spiro atoms. The Balaban J connectivity index is 1.98. The van der Waals surface area contributed by atoms with Crippen LogP contribution in [0.2, 0.25) is 0 Å². The lowest BCUT2D eigenvalue weighted by atomic mass is 9.77. The Hall–Kier alpha value is -0.0800. The molecule has 1 saturated heterocycles. The number of likely N-dealkylation sites (N-methyl/N-ethyl adjacent to an activating group) is 1. The van der Waals surface area contributed by atoms with Gasteiger partial charge in [0.05, 0.1) is 0 Å². The van der Waals surface area contributed by atoms with Gasteiger partial charge in [0.2, 0.25) is 0 Å². The van der Waals surface area contributed by atoms with Crippen molar-refractivity contribution < 1.29 is 0 Å². The molecule has 21 heavy (non-hydrogen) atoms. The molecule has 2 rings (SSSR count). The molecule has 0 aromatic heterocycles. The predicted molar refractivity (Wildman–Crippen MR) is 92.8 cm³/mol. The normalized spacial score (nSPS) is 30.0. The molecule has 0 radical (unpaired) electrons. The minimum Gasteiger partial charge on any atom is -0.302 e. The lowest BCUT2D eigenvalue weighted by Crippen LogP contribution is -2.60. The molecule has 1 aliphatic heterocycles. The highest BCUT2D eigenvalue weighted by atomic mass is 15.3. The van der Waals surface area contributed by atoms with E-state index in [0.717, 1.165) is 5.92 Å². The van der Waals surface area contributed by atoms with E-state index in [1.54, 1.807) is 0 Å². The van der Waals surface area contributed by atoms with Gasteiger partial charge >= 0.3 is 0 Å². The van der Waals surface area contributed by atoms with Crippen molar-refractivity contribution in [3.63, 3.8) is 0 Å². The van der Waals surface area contributed by atoms with Crippen molar-refractivity contribution in [1.82, 2.24) is 9.80 Å². The summed E-state index contributed by atoms with van der Waals surface area (Å²) in [4.78, 5) is 5.27. The third kappa shape index (κ3) is 4.45. The Bertz CT molecular complexity index is 312. The van der Waals surface area contributed by atoms with Crippen LogP contribution in [0.25, 0.3) is 0 Å². The summed E-state index contributed by atoms with van der Waals surface area (Å²) in [6.45, 7) is 9.67. The number of hydrogen-bond acceptors (Lipinski definition) is 2. The van der Waals surface area contributed by atoms with Gasteiger partial charge in [-0.2, -0.15) is 0 Å². The maximum absolute atomic E-state index is 2.72. The van der Waals surface area contributed by atoms with Gasteiger partial charge in [-0.3, -0.25) is 4.90 Å². The summed E-state index contributed by atoms with van der Waals surface area (Å²) >= 11 is 0. The van der Waals surface area contributed by atoms with Crippen molar-refractivity contribution in [2.45, 2.75) is 89.6 Å². The first kappa shape index (κ1) is 17.3. The average Bonchev–Trinajstić information content (AvgIpc) is 2.45. The molecule has 0 aromatic rings. The van der Waals surface area contributed by atoms with Crippen molar-refractivity contribution in [2.75, 3.05) is 27.2 Å². The van der Waals surface area contributed by atoms with Crippen LogP contribution in [0.5, 0.6) is 0 Å². The van der Waals surface area contributed by atoms with Gasteiger partial charge in [-0.15, -0.1) is 0 Å². The van der Waals surface area contributed by atoms with Crippen LogP contribution in [0.4, 0.5) is 0 Å². The summed E-state index contributed by atoms with van der Waals surface area (Å²) in [7, 11) is 4.63. The first-order valence-corrected chi connectivity index (χ1v) is 9.26. The van der Waals surface area contributed by atoms with E-state index < -0.39 is 0 Å². The van der Waals surface area contributed by atoms with Crippen LogP contribution >= 0.6 is 0 Å². The number of nitrogens with zero attached hydrogens (tertiary/aromatic N) is 2. The van der Waals surface area contributed by atoms with Crippen molar-refractivity contribution in [3.8, 4) is 0 Å². The van der Waals surface area contributed by atoms with Crippen LogP contribution < -0.4 is 0 Å². The lowest BCUT2D eigenvalue weighted by molar-refractivity contribution is -0.00802. The molecule has 1 heterocycles. The van der Waals surface area contributed by atoms with E-state index in [9.17, 15) is 0 Å². The number of piperidine rings is 1. The molecule has 2 heteroatoms. The van der Waals surface area contributed by atoms with Crippen molar-refractivity contribution in [1.29, 1.82) is 0 Å². The van der Waals surface area contributed by atoms with Crippen LogP contribution in [-0.2, 0) is 0 Å². The van der Waals surface area contributed by atoms with E-state index in [1.807, 2.05) is 0 Å². The zero-order chi connectivity index (χ0) is 15.5. The first-order chi connectivity index (χ1) is 9.83. The minimum absolute atomic E-state index is 0.312. The van der Waals surface area contributed by atoms with Crippen LogP contribution in [0.3, 0.4) is 0 Å². The molecule has 124 valence electrons. The summed E-state index contributed by atoms with van der Waals surface area (Å²) < 4.78 is 0. The van der Waals surface area contributed by atoms with Gasteiger partial charge in [0.15, 0.2) is 0 Å². The van der Waals surface area contributed by atoms with Gasteiger partial charge < -0.3 is 4.90 Å². The highest BCUT2D eigenvalue weighted by Gasteiger charge is 2.40. The lowest BCUT2D eigenvalue weighted by Gasteiger charge is -2.51. The number of likely N-dealkylation sites (tertiary alicyclic amines) is 1. The van der Waals surface area contributed by atoms with Gasteiger partial charge in [-0.1, -0.05) is 32.1 Å². The van der Waals surface area contributed by atoms with E-state index in [1.165, 1.54) is 70.9 Å². The zero-order valence-electron chi connectivity index (χ0n) is 15.2. The largest absolute Gasteiger partial charge is 0.302 e. The SMILES string of the molecule is CN(C)[C@@]1(CCC2CCCCC2)CCCN(C(C)(C)C)C1. The molecule has 0 N–H and O–H groups in total. The van der Waals surface area contributed by atoms with Crippen LogP contribution in [-0.4, -0.2) is 48.1 Å². The minimum atomic E-state index is 0.312. The molecular formula is C19H38N2. The van der Waals surface area contributed by atoms with Gasteiger partial charge in [-0.25, -0.2) is 0 Å². The molecule has 0 aromatic carbocycles. The van der Waals surface area contributed by atoms with Crippen LogP contribution in [0.1, 0.15) is 78.6 Å². The van der Waals surface area contributed by atoms with Gasteiger partial charge in [0.25, 0.3) is 0 Å². The van der Waals surface area contributed by atoms with Crippen molar-refractivity contribution >= 4 is 0 Å². The van der Waals surface area contributed by atoms with Gasteiger partial charge in [0.1, 0.15) is 0 Å². The fourth-order valence-corrected chi connectivity index (χ4v) is 4.43. The van der Waals surface area contributed by atoms with Gasteiger partial charge in [0, 0.05) is 17.6 Å². The highest BCUT2D eigenvalue weighted by Crippen LogP contribution is 2.37. The monoisotopic (exact) mass is 294 g/mol. The smallest absolute Gasteiger partial charge is 0.0331 e. The Kier molecular flexibility index (Phi) is 5.76. The molecule has 1 aliphatic carbocycles. The fourth-order valence-electron chi connectivity index (χ4n) is 4.43. The Morgan fingerprint density at radius 1 is 1.05 bits per heavy atom. The molecule has 2 nitrogen and oxygen atoms in total. The van der Waals surface area contributed by atoms with Crippen LogP contribution in [0, 0.1) is 5.92 Å². The summed E-state index contributed by atoms with van der Waals surface area (Å²) in [6, 6.07) is 0. The standard InChI is InChI=1S/C19H38N2/c1-18(2,3)21-15-9-13-19(16-21,20(4)5)14-12-17-10-7-6-8-11-17/h17H,6-16H2,1-5H3/t19-/m1/s1. The van der Waals surface area contributed by atoms with Crippen LogP contribution in [0.15, 0.2) is 0 Å². The van der Waals surface area contributed by atoms with E-state index in [0.29, 0.717) is 11.1 Å². The first-order valence-electron chi connectivity index (χ1n) is 9.26. The number of hydrogen-bond donors (Lipinski definition) is 0. The molecule has 0 bridgehead atoms. The van der Waals surface area contributed by atoms with E-state index in [-0.39, 0.29) is 0 Å². The van der Waals surface area contributed by atoms with Crippen molar-refractivity contribution in [2.24, 2.45) is 5.92 Å². The zero-order valence-corrected chi connectivity index (χ0v) is 15.2. The summed E-state index contributed by atoms with van der Waals surface area (Å²) in [5.74, 6) is 1.01. The fraction of sp³-hybridized carbons (Fsp3) is 1.00. The highest BCUT2D eigenvalue weighted by molar-refractivity contribution is 4.97. The quantitative estimate of drug-likeness (QED) is 0.751. The summed E-state index contributed by atoms with van der Waals surface area (Å²) in [5, 5.41) is 0. The molecule has 0 amide bonds. The third-order valence-electron chi connectivity index (χ3n) is 6.20. The van der Waals surface area contributed by atoms with E-state index in [2.05, 4.69) is 44.7 Å². The molecule has 2 fully saturated rings. The van der Waals surface area contributed by atoms with Gasteiger partial charge in [-0.05, 0) is 73.0 Å². The van der Waals surface area contributed by atoms with Crippen molar-refractivity contribution in [3.05, 3.63) is 0 Å². The average molecular weight is 295 g/mol. The second kappa shape index (κ2) is 7.00. The van der Waals surface area contributed by atoms with E-state index >= 15 is 0 Å². The molecular weight excluding hydrogens is 256 g/mol. The maximum atomic E-state index is 2.72. The predicted octanol–water partition coefficient (Wildman–Crippen LogP) is 4.54. The molecule has 0 unspecified atom stereocenters. The topological polar surface area (TPSA) is 6.48 Å². The Labute approximate surface area is 133 Å². The number of rotatable bonds is 4.